The summed E-state index contributed by atoms with van der Waals surface area (Å²) in [5.41, 5.74) is 10.8. The number of aromatic carboxylic acids is 1. The summed E-state index contributed by atoms with van der Waals surface area (Å²) in [5, 5.41) is 13.3. The Kier molecular flexibility index (Phi) is 13.3. The molecule has 11 heteroatoms. The van der Waals surface area contributed by atoms with Gasteiger partial charge in [0.15, 0.2) is 0 Å². The number of hydrogen-bond donors (Lipinski definition) is 3. The lowest BCUT2D eigenvalue weighted by molar-refractivity contribution is -0.117. The van der Waals surface area contributed by atoms with Gasteiger partial charge in [0.2, 0.25) is 5.91 Å². The van der Waals surface area contributed by atoms with Gasteiger partial charge in [0.1, 0.15) is 18.2 Å². The van der Waals surface area contributed by atoms with Crippen molar-refractivity contribution in [1.29, 1.82) is 0 Å². The normalized spacial score (nSPS) is 11.6. The first-order valence-electron chi connectivity index (χ1n) is 15.6. The van der Waals surface area contributed by atoms with Crippen LogP contribution in [0.4, 0.5) is 5.69 Å². The number of nitrogens with two attached hydrogens (primary N) is 1. The van der Waals surface area contributed by atoms with E-state index in [4.69, 9.17) is 43.8 Å². The summed E-state index contributed by atoms with van der Waals surface area (Å²) in [4.78, 5) is 29.5. The molecule has 1 heterocycles. The predicted molar refractivity (Wildman–Crippen MR) is 198 cm³/mol. The molecular formula is C38H37Cl3N4O4. The number of carboxylic acid groups (broad SMARTS) is 1. The molecule has 0 saturated heterocycles. The minimum atomic E-state index is -0.969. The summed E-state index contributed by atoms with van der Waals surface area (Å²) in [7, 11) is 0. The summed E-state index contributed by atoms with van der Waals surface area (Å²) in [6.07, 6.45) is 7.62. The van der Waals surface area contributed by atoms with E-state index in [1.165, 1.54) is 6.08 Å². The van der Waals surface area contributed by atoms with E-state index in [2.05, 4.69) is 16.8 Å². The second kappa shape index (κ2) is 17.6. The van der Waals surface area contributed by atoms with Crippen LogP contribution in [0.5, 0.6) is 5.75 Å². The van der Waals surface area contributed by atoms with Crippen molar-refractivity contribution in [2.24, 2.45) is 0 Å². The molecule has 1 atom stereocenters. The standard InChI is InChI=1S/C38H36Cl2N4O4.ClH/c1-2-3-20-44-23-35(32-18-13-29(39)22-33(32)40)43-37(44)34(42-36(45)19-10-25-6-14-30(41)15-7-25)21-26-8-16-31(17-9-26)48-24-27-4-11-28(12-5-27)38(46)47;/h4-19,22-23,34H,2-3,20-21,24,41H2,1H3,(H,42,45)(H,46,47);1H/t34-;/m0./s1. The predicted octanol–water partition coefficient (Wildman–Crippen LogP) is 9.05. The van der Waals surface area contributed by atoms with Crippen LogP contribution in [0.2, 0.25) is 10.0 Å². The van der Waals surface area contributed by atoms with Crippen LogP contribution in [0, 0.1) is 0 Å². The van der Waals surface area contributed by atoms with E-state index in [0.717, 1.165) is 41.6 Å². The molecule has 0 aliphatic heterocycles. The van der Waals surface area contributed by atoms with Crippen LogP contribution >= 0.6 is 35.6 Å². The minimum Gasteiger partial charge on any atom is -0.489 e. The minimum absolute atomic E-state index is 0. The Balaban J connectivity index is 0.00000541. The van der Waals surface area contributed by atoms with Gasteiger partial charge in [-0.15, -0.1) is 12.4 Å². The topological polar surface area (TPSA) is 119 Å². The van der Waals surface area contributed by atoms with E-state index in [0.29, 0.717) is 46.0 Å². The van der Waals surface area contributed by atoms with E-state index in [1.807, 2.05) is 48.7 Å². The number of aryl methyl sites for hydroxylation is 1. The third kappa shape index (κ3) is 10.4. The van der Waals surface area contributed by atoms with Crippen LogP contribution in [0.25, 0.3) is 17.3 Å². The highest BCUT2D eigenvalue weighted by Gasteiger charge is 2.23. The summed E-state index contributed by atoms with van der Waals surface area (Å²) in [6, 6.07) is 26.4. The fourth-order valence-corrected chi connectivity index (χ4v) is 5.62. The Labute approximate surface area is 302 Å². The Morgan fingerprint density at radius 2 is 1.67 bits per heavy atom. The summed E-state index contributed by atoms with van der Waals surface area (Å²) < 4.78 is 8.03. The molecule has 8 nitrogen and oxygen atoms in total. The monoisotopic (exact) mass is 718 g/mol. The number of nitrogens with one attached hydrogen (secondary N) is 1. The zero-order valence-electron chi connectivity index (χ0n) is 26.8. The number of unbranched alkanes of at least 4 members (excludes halogenated alkanes) is 1. The van der Waals surface area contributed by atoms with E-state index in [1.54, 1.807) is 54.6 Å². The smallest absolute Gasteiger partial charge is 0.335 e. The van der Waals surface area contributed by atoms with Crippen molar-refractivity contribution >= 4 is 59.2 Å². The Morgan fingerprint density at radius 3 is 2.33 bits per heavy atom. The molecule has 0 bridgehead atoms. The van der Waals surface area contributed by atoms with Gasteiger partial charge in [0, 0.05) is 35.1 Å². The maximum absolute atomic E-state index is 13.3. The summed E-state index contributed by atoms with van der Waals surface area (Å²) >= 11 is 12.7. The molecule has 254 valence electrons. The van der Waals surface area contributed by atoms with Crippen molar-refractivity contribution in [3.8, 4) is 17.0 Å². The van der Waals surface area contributed by atoms with E-state index < -0.39 is 12.0 Å². The molecule has 49 heavy (non-hydrogen) atoms. The molecule has 0 unspecified atom stereocenters. The first-order valence-corrected chi connectivity index (χ1v) is 16.3. The second-order valence-electron chi connectivity index (χ2n) is 11.4. The number of anilines is 1. The van der Waals surface area contributed by atoms with Crippen LogP contribution in [0.3, 0.4) is 0 Å². The van der Waals surface area contributed by atoms with Gasteiger partial charge in [-0.3, -0.25) is 4.79 Å². The summed E-state index contributed by atoms with van der Waals surface area (Å²) in [5.74, 6) is 0.144. The zero-order valence-corrected chi connectivity index (χ0v) is 29.1. The zero-order chi connectivity index (χ0) is 34.0. The molecule has 0 fully saturated rings. The van der Waals surface area contributed by atoms with Crippen LogP contribution < -0.4 is 15.8 Å². The van der Waals surface area contributed by atoms with Gasteiger partial charge >= 0.3 is 5.97 Å². The van der Waals surface area contributed by atoms with Crippen LogP contribution in [-0.4, -0.2) is 26.5 Å². The highest BCUT2D eigenvalue weighted by atomic mass is 35.5. The lowest BCUT2D eigenvalue weighted by atomic mass is 10.0. The number of carbonyl (C=O) groups excluding carboxylic acids is 1. The van der Waals surface area contributed by atoms with Crippen LogP contribution in [-0.2, 0) is 24.4 Å². The number of nitrogens with zero attached hydrogens (tertiary/aromatic N) is 2. The van der Waals surface area contributed by atoms with Gasteiger partial charge in [0.05, 0.1) is 22.3 Å². The Bertz CT molecular complexity index is 1890. The molecule has 4 aromatic carbocycles. The van der Waals surface area contributed by atoms with E-state index in [9.17, 15) is 9.59 Å². The quantitative estimate of drug-likeness (QED) is 0.0779. The largest absolute Gasteiger partial charge is 0.489 e. The fraction of sp³-hybridized carbons (Fsp3) is 0.184. The van der Waals surface area contributed by atoms with Gasteiger partial charge in [-0.2, -0.15) is 0 Å². The number of amides is 1. The van der Waals surface area contributed by atoms with Crippen molar-refractivity contribution in [2.45, 2.75) is 45.4 Å². The number of carbonyl (C=O) groups is 2. The van der Waals surface area contributed by atoms with Gasteiger partial charge in [-0.25, -0.2) is 9.78 Å². The third-order valence-corrected chi connectivity index (χ3v) is 8.28. The molecule has 1 aromatic heterocycles. The average molecular weight is 720 g/mol. The first-order chi connectivity index (χ1) is 23.2. The van der Waals surface area contributed by atoms with Gasteiger partial charge < -0.3 is 25.5 Å². The number of ether oxygens (including phenoxy) is 1. The van der Waals surface area contributed by atoms with Gasteiger partial charge in [0.25, 0.3) is 0 Å². The molecule has 0 saturated carbocycles. The van der Waals surface area contributed by atoms with Crippen molar-refractivity contribution < 1.29 is 19.4 Å². The molecule has 0 radical (unpaired) electrons. The molecule has 0 aliphatic carbocycles. The molecule has 0 aliphatic rings. The number of rotatable bonds is 14. The number of nitrogen functional groups attached to an aromatic ring is 1. The number of imidazole rings is 1. The molecular weight excluding hydrogens is 683 g/mol. The molecule has 5 aromatic rings. The first kappa shape index (κ1) is 37.1. The average Bonchev–Trinajstić information content (AvgIpc) is 3.50. The van der Waals surface area contributed by atoms with E-state index in [-0.39, 0.29) is 23.9 Å². The fourth-order valence-electron chi connectivity index (χ4n) is 5.12. The van der Waals surface area contributed by atoms with Crippen molar-refractivity contribution in [2.75, 3.05) is 5.73 Å². The number of carboxylic acids is 1. The van der Waals surface area contributed by atoms with Crippen molar-refractivity contribution in [3.05, 3.63) is 141 Å². The summed E-state index contributed by atoms with van der Waals surface area (Å²) in [6.45, 7) is 3.14. The molecule has 5 rings (SSSR count). The molecule has 0 spiro atoms. The second-order valence-corrected chi connectivity index (χ2v) is 12.2. The number of aromatic nitrogens is 2. The van der Waals surface area contributed by atoms with Gasteiger partial charge in [-0.05, 0) is 90.2 Å². The third-order valence-electron chi connectivity index (χ3n) is 7.73. The van der Waals surface area contributed by atoms with Gasteiger partial charge in [-0.1, -0.05) is 72.9 Å². The Morgan fingerprint density at radius 1 is 0.980 bits per heavy atom. The highest BCUT2D eigenvalue weighted by molar-refractivity contribution is 6.36. The molecule has 1 amide bonds. The maximum Gasteiger partial charge on any atom is 0.335 e. The number of hydrogen-bond acceptors (Lipinski definition) is 5. The Hall–Kier alpha value is -4.76. The lowest BCUT2D eigenvalue weighted by Gasteiger charge is -2.20. The SMILES string of the molecule is CCCCn1cc(-c2ccc(Cl)cc2Cl)nc1[C@H](Cc1ccc(OCc2ccc(C(=O)O)cc2)cc1)NC(=O)C=Cc1ccc(N)cc1.Cl. The van der Waals surface area contributed by atoms with E-state index >= 15 is 0 Å². The number of halogens is 3. The molecule has 4 N–H and O–H groups in total. The van der Waals surface area contributed by atoms with Crippen molar-refractivity contribution in [3.63, 3.8) is 0 Å². The number of benzene rings is 4. The van der Waals surface area contributed by atoms with Crippen LogP contribution in [0.1, 0.15) is 58.7 Å². The van der Waals surface area contributed by atoms with Crippen LogP contribution in [0.15, 0.2) is 103 Å². The highest BCUT2D eigenvalue weighted by Crippen LogP contribution is 2.32. The maximum atomic E-state index is 13.3. The lowest BCUT2D eigenvalue weighted by Crippen LogP contribution is -2.30. The van der Waals surface area contributed by atoms with Crippen molar-refractivity contribution in [1.82, 2.24) is 14.9 Å².